The first-order valence-electron chi connectivity index (χ1n) is 5.90. The van der Waals surface area contributed by atoms with Gasteiger partial charge in [0, 0.05) is 19.3 Å². The molecule has 0 saturated heterocycles. The van der Waals surface area contributed by atoms with Crippen molar-refractivity contribution in [2.24, 2.45) is 0 Å². The molecule has 0 bridgehead atoms. The highest BCUT2D eigenvalue weighted by molar-refractivity contribution is 5.92. The third-order valence-electron chi connectivity index (χ3n) is 2.44. The number of anilines is 1. The van der Waals surface area contributed by atoms with E-state index in [1.54, 1.807) is 23.2 Å². The zero-order valence-electron chi connectivity index (χ0n) is 10.6. The van der Waals surface area contributed by atoms with Gasteiger partial charge < -0.3 is 15.5 Å². The van der Waals surface area contributed by atoms with Crippen LogP contribution in [0, 0.1) is 0 Å². The molecule has 0 saturated carbocycles. The molecule has 1 heterocycles. The van der Waals surface area contributed by atoms with Gasteiger partial charge in [-0.1, -0.05) is 0 Å². The SMILES string of the molecule is CCN(CC)C(=O)CNC(=O)Nc1cccnc1. The molecule has 3 amide bonds. The van der Waals surface area contributed by atoms with E-state index in [0.29, 0.717) is 18.8 Å². The highest BCUT2D eigenvalue weighted by Gasteiger charge is 2.10. The van der Waals surface area contributed by atoms with Crippen molar-refractivity contribution in [1.29, 1.82) is 0 Å². The maximum atomic E-state index is 11.6. The van der Waals surface area contributed by atoms with Gasteiger partial charge in [-0.15, -0.1) is 0 Å². The number of pyridine rings is 1. The molecule has 98 valence electrons. The van der Waals surface area contributed by atoms with Crippen LogP contribution in [0.4, 0.5) is 10.5 Å². The van der Waals surface area contributed by atoms with Gasteiger partial charge >= 0.3 is 6.03 Å². The Hall–Kier alpha value is -2.11. The lowest BCUT2D eigenvalue weighted by atomic mass is 10.4. The van der Waals surface area contributed by atoms with Crippen molar-refractivity contribution in [3.63, 3.8) is 0 Å². The van der Waals surface area contributed by atoms with Crippen molar-refractivity contribution in [2.45, 2.75) is 13.8 Å². The Morgan fingerprint density at radius 2 is 2.06 bits per heavy atom. The van der Waals surface area contributed by atoms with Crippen molar-refractivity contribution < 1.29 is 9.59 Å². The molecule has 6 heteroatoms. The summed E-state index contributed by atoms with van der Waals surface area (Å²) in [7, 11) is 0. The van der Waals surface area contributed by atoms with Crippen LogP contribution in [0.5, 0.6) is 0 Å². The Morgan fingerprint density at radius 1 is 1.33 bits per heavy atom. The first kappa shape index (κ1) is 14.0. The minimum atomic E-state index is -0.413. The predicted octanol–water partition coefficient (Wildman–Crippen LogP) is 1.07. The topological polar surface area (TPSA) is 74.3 Å². The average molecular weight is 250 g/mol. The van der Waals surface area contributed by atoms with Crippen molar-refractivity contribution in [1.82, 2.24) is 15.2 Å². The van der Waals surface area contributed by atoms with Crippen molar-refractivity contribution in [2.75, 3.05) is 25.0 Å². The van der Waals surface area contributed by atoms with E-state index in [9.17, 15) is 9.59 Å². The molecule has 0 aliphatic rings. The van der Waals surface area contributed by atoms with Gasteiger partial charge in [0.1, 0.15) is 0 Å². The number of aromatic nitrogens is 1. The zero-order valence-corrected chi connectivity index (χ0v) is 10.6. The number of carbonyl (C=O) groups excluding carboxylic acids is 2. The van der Waals surface area contributed by atoms with Crippen LogP contribution in [0.15, 0.2) is 24.5 Å². The molecule has 18 heavy (non-hydrogen) atoms. The largest absolute Gasteiger partial charge is 0.342 e. The van der Waals surface area contributed by atoms with Crippen LogP contribution >= 0.6 is 0 Å². The maximum absolute atomic E-state index is 11.6. The van der Waals surface area contributed by atoms with E-state index in [2.05, 4.69) is 15.6 Å². The lowest BCUT2D eigenvalue weighted by molar-refractivity contribution is -0.129. The lowest BCUT2D eigenvalue weighted by Gasteiger charge is -2.18. The Balaban J connectivity index is 2.35. The fourth-order valence-electron chi connectivity index (χ4n) is 1.46. The normalized spacial score (nSPS) is 9.67. The smallest absolute Gasteiger partial charge is 0.319 e. The molecule has 0 unspecified atom stereocenters. The van der Waals surface area contributed by atoms with E-state index in [-0.39, 0.29) is 12.5 Å². The molecule has 0 aromatic carbocycles. The fraction of sp³-hybridized carbons (Fsp3) is 0.417. The molecule has 6 nitrogen and oxygen atoms in total. The van der Waals surface area contributed by atoms with Crippen molar-refractivity contribution >= 4 is 17.6 Å². The second kappa shape index (κ2) is 7.26. The van der Waals surface area contributed by atoms with Crippen LogP contribution in [-0.2, 0) is 4.79 Å². The van der Waals surface area contributed by atoms with Crippen LogP contribution in [0.3, 0.4) is 0 Å². The molecular formula is C12H18N4O2. The second-order valence-electron chi connectivity index (χ2n) is 3.62. The van der Waals surface area contributed by atoms with Gasteiger partial charge in [0.05, 0.1) is 18.4 Å². The molecule has 2 N–H and O–H groups in total. The molecule has 0 aliphatic heterocycles. The second-order valence-corrected chi connectivity index (χ2v) is 3.62. The average Bonchev–Trinajstić information content (AvgIpc) is 2.39. The lowest BCUT2D eigenvalue weighted by Crippen LogP contribution is -2.41. The standard InChI is InChI=1S/C12H18N4O2/c1-3-16(4-2)11(17)9-14-12(18)15-10-6-5-7-13-8-10/h5-8H,3-4,9H2,1-2H3,(H2,14,15,18). The summed E-state index contributed by atoms with van der Waals surface area (Å²) in [6.45, 7) is 5.07. The van der Waals surface area contributed by atoms with E-state index >= 15 is 0 Å². The monoisotopic (exact) mass is 250 g/mol. The summed E-state index contributed by atoms with van der Waals surface area (Å²) < 4.78 is 0. The molecule has 0 radical (unpaired) electrons. The summed E-state index contributed by atoms with van der Waals surface area (Å²) in [4.78, 5) is 28.7. The molecule has 1 aromatic rings. The van der Waals surface area contributed by atoms with Crippen LogP contribution < -0.4 is 10.6 Å². The number of rotatable bonds is 5. The zero-order chi connectivity index (χ0) is 13.4. The molecule has 0 atom stereocenters. The van der Waals surface area contributed by atoms with Gasteiger partial charge in [-0.05, 0) is 26.0 Å². The Kier molecular flexibility index (Phi) is 5.63. The van der Waals surface area contributed by atoms with E-state index in [0.717, 1.165) is 0 Å². The van der Waals surface area contributed by atoms with E-state index in [1.807, 2.05) is 13.8 Å². The number of urea groups is 1. The van der Waals surface area contributed by atoms with E-state index < -0.39 is 6.03 Å². The summed E-state index contributed by atoms with van der Waals surface area (Å²) in [5.41, 5.74) is 0.588. The molecule has 0 spiro atoms. The highest BCUT2D eigenvalue weighted by atomic mass is 16.2. The quantitative estimate of drug-likeness (QED) is 0.821. The number of nitrogens with one attached hydrogen (secondary N) is 2. The summed E-state index contributed by atoms with van der Waals surface area (Å²) in [6, 6.07) is 3.03. The van der Waals surface area contributed by atoms with E-state index in [4.69, 9.17) is 0 Å². The Morgan fingerprint density at radius 3 is 2.61 bits per heavy atom. The number of likely N-dealkylation sites (N-methyl/N-ethyl adjacent to an activating group) is 1. The first-order chi connectivity index (χ1) is 8.67. The third kappa shape index (κ3) is 4.40. The van der Waals surface area contributed by atoms with Crippen LogP contribution in [0.25, 0.3) is 0 Å². The number of hydrogen-bond acceptors (Lipinski definition) is 3. The molecule has 1 rings (SSSR count). The van der Waals surface area contributed by atoms with Crippen LogP contribution in [0.1, 0.15) is 13.8 Å². The van der Waals surface area contributed by atoms with Gasteiger partial charge in [-0.3, -0.25) is 9.78 Å². The number of nitrogens with zero attached hydrogens (tertiary/aromatic N) is 2. The van der Waals surface area contributed by atoms with Crippen LogP contribution in [-0.4, -0.2) is 41.5 Å². The molecule has 1 aromatic heterocycles. The summed E-state index contributed by atoms with van der Waals surface area (Å²) >= 11 is 0. The fourth-order valence-corrected chi connectivity index (χ4v) is 1.46. The number of hydrogen-bond donors (Lipinski definition) is 2. The van der Waals surface area contributed by atoms with Crippen molar-refractivity contribution in [3.8, 4) is 0 Å². The number of amides is 3. The summed E-state index contributed by atoms with van der Waals surface area (Å²) in [5.74, 6) is -0.0960. The molecular weight excluding hydrogens is 232 g/mol. The highest BCUT2D eigenvalue weighted by Crippen LogP contribution is 2.01. The van der Waals surface area contributed by atoms with Gasteiger partial charge in [0.25, 0.3) is 0 Å². The Labute approximate surface area is 106 Å². The van der Waals surface area contributed by atoms with Crippen molar-refractivity contribution in [3.05, 3.63) is 24.5 Å². The first-order valence-corrected chi connectivity index (χ1v) is 5.90. The Bertz CT molecular complexity index is 390. The number of carbonyl (C=O) groups is 2. The van der Waals surface area contributed by atoms with Gasteiger partial charge in [-0.2, -0.15) is 0 Å². The molecule has 0 fully saturated rings. The minimum Gasteiger partial charge on any atom is -0.342 e. The van der Waals surface area contributed by atoms with E-state index in [1.165, 1.54) is 6.20 Å². The van der Waals surface area contributed by atoms with Crippen LogP contribution in [0.2, 0.25) is 0 Å². The molecule has 0 aliphatic carbocycles. The summed E-state index contributed by atoms with van der Waals surface area (Å²) in [5, 5.41) is 5.10. The van der Waals surface area contributed by atoms with Gasteiger partial charge in [0.2, 0.25) is 5.91 Å². The van der Waals surface area contributed by atoms with Gasteiger partial charge in [0.15, 0.2) is 0 Å². The third-order valence-corrected chi connectivity index (χ3v) is 2.44. The summed E-state index contributed by atoms with van der Waals surface area (Å²) in [6.07, 6.45) is 3.15. The predicted molar refractivity (Wildman–Crippen MR) is 69.2 cm³/mol. The van der Waals surface area contributed by atoms with Gasteiger partial charge in [-0.25, -0.2) is 4.79 Å². The maximum Gasteiger partial charge on any atom is 0.319 e. The minimum absolute atomic E-state index is 0.00618.